The van der Waals surface area contributed by atoms with Crippen molar-refractivity contribution in [3.8, 4) is 0 Å². The summed E-state index contributed by atoms with van der Waals surface area (Å²) in [6.45, 7) is 0. The molecule has 0 fully saturated rings. The number of ether oxygens (including phenoxy) is 1. The number of amides is 1. The maximum Gasteiger partial charge on any atom is 0.290 e. The van der Waals surface area contributed by atoms with Crippen LogP contribution in [0.25, 0.3) is 17.0 Å². The highest BCUT2D eigenvalue weighted by atomic mass is 35.5. The average molecular weight is 388 g/mol. The monoisotopic (exact) mass is 387 g/mol. The second kappa shape index (κ2) is 8.08. The second-order valence-corrected chi connectivity index (χ2v) is 6.18. The first-order chi connectivity index (χ1) is 12.6. The molecule has 0 spiro atoms. The molecule has 1 amide bonds. The maximum atomic E-state index is 12.2. The van der Waals surface area contributed by atoms with Crippen LogP contribution in [-0.4, -0.2) is 23.0 Å². The van der Waals surface area contributed by atoms with Crippen molar-refractivity contribution in [2.24, 2.45) is 0 Å². The van der Waals surface area contributed by atoms with Crippen molar-refractivity contribution >= 4 is 51.8 Å². The fourth-order valence-electron chi connectivity index (χ4n) is 2.34. The zero-order valence-electron chi connectivity index (χ0n) is 13.8. The number of fused-ring (bicyclic) bond motifs is 1. The number of nitrogens with zero attached hydrogens (tertiary/aromatic N) is 1. The molecular weight excluding hydrogens is 373 g/mol. The van der Waals surface area contributed by atoms with E-state index >= 15 is 0 Å². The number of allylic oxidation sites excluding steroid dienone is 2. The average Bonchev–Trinajstić information content (AvgIpc) is 3.01. The van der Waals surface area contributed by atoms with Crippen LogP contribution in [-0.2, 0) is 9.53 Å². The first kappa shape index (κ1) is 18.0. The van der Waals surface area contributed by atoms with E-state index in [0.717, 1.165) is 16.6 Å². The summed E-state index contributed by atoms with van der Waals surface area (Å²) in [5.41, 5.74) is 2.32. The number of carbonyl (C=O) groups excluding carboxylic acids is 1. The lowest BCUT2D eigenvalue weighted by molar-refractivity contribution is -0.115. The minimum Gasteiger partial charge on any atom is -0.491 e. The number of aromatic nitrogens is 2. The molecule has 0 saturated carbocycles. The molecule has 0 unspecified atom stereocenters. The van der Waals surface area contributed by atoms with E-state index in [-0.39, 0.29) is 11.7 Å². The molecule has 7 heteroatoms. The third kappa shape index (κ3) is 4.25. The van der Waals surface area contributed by atoms with Gasteiger partial charge in [-0.3, -0.25) is 9.78 Å². The standard InChI is InChI=1S/C19H15Cl2N3O2/c1-26-18(19(25)24-14-5-3-7-22-11-14)6-2-4-13-8-12-9-15(20)16(21)10-17(12)23-13/h2-11,23H,1H3,(H,24,25)/b4-2+,18-6+. The number of benzene rings is 1. The summed E-state index contributed by atoms with van der Waals surface area (Å²) in [7, 11) is 1.44. The van der Waals surface area contributed by atoms with Crippen molar-refractivity contribution in [1.82, 2.24) is 9.97 Å². The van der Waals surface area contributed by atoms with Crippen LogP contribution in [0.15, 0.2) is 60.6 Å². The Hall–Kier alpha value is -2.76. The summed E-state index contributed by atoms with van der Waals surface area (Å²) >= 11 is 12.0. The van der Waals surface area contributed by atoms with Gasteiger partial charge in [-0.2, -0.15) is 0 Å². The highest BCUT2D eigenvalue weighted by molar-refractivity contribution is 6.42. The van der Waals surface area contributed by atoms with E-state index in [0.29, 0.717) is 15.7 Å². The number of halogens is 2. The van der Waals surface area contributed by atoms with Crippen molar-refractivity contribution in [3.63, 3.8) is 0 Å². The highest BCUT2D eigenvalue weighted by Crippen LogP contribution is 2.28. The van der Waals surface area contributed by atoms with Crippen LogP contribution in [0, 0.1) is 0 Å². The molecule has 0 aliphatic heterocycles. The Morgan fingerprint density at radius 1 is 1.27 bits per heavy atom. The molecule has 1 aromatic carbocycles. The molecule has 0 atom stereocenters. The van der Waals surface area contributed by atoms with Crippen molar-refractivity contribution < 1.29 is 9.53 Å². The number of methoxy groups -OCH3 is 1. The van der Waals surface area contributed by atoms with Crippen LogP contribution in [0.2, 0.25) is 10.0 Å². The van der Waals surface area contributed by atoms with Crippen LogP contribution in [0.3, 0.4) is 0 Å². The lowest BCUT2D eigenvalue weighted by Crippen LogP contribution is -2.15. The van der Waals surface area contributed by atoms with Crippen molar-refractivity contribution in [2.75, 3.05) is 12.4 Å². The van der Waals surface area contributed by atoms with Gasteiger partial charge < -0.3 is 15.0 Å². The zero-order chi connectivity index (χ0) is 18.5. The zero-order valence-corrected chi connectivity index (χ0v) is 15.3. The second-order valence-electron chi connectivity index (χ2n) is 5.37. The number of anilines is 1. The van der Waals surface area contributed by atoms with E-state index < -0.39 is 0 Å². The van der Waals surface area contributed by atoms with Crippen molar-refractivity contribution in [1.29, 1.82) is 0 Å². The van der Waals surface area contributed by atoms with E-state index in [9.17, 15) is 4.79 Å². The fraction of sp³-hybridized carbons (Fsp3) is 0.0526. The molecule has 2 aromatic heterocycles. The van der Waals surface area contributed by atoms with Gasteiger partial charge in [-0.1, -0.05) is 29.3 Å². The number of hydrogen-bond acceptors (Lipinski definition) is 3. The first-order valence-electron chi connectivity index (χ1n) is 7.68. The Morgan fingerprint density at radius 2 is 2.08 bits per heavy atom. The molecule has 5 nitrogen and oxygen atoms in total. The molecule has 0 aliphatic rings. The van der Waals surface area contributed by atoms with E-state index in [4.69, 9.17) is 27.9 Å². The minimum atomic E-state index is -0.361. The number of pyridine rings is 1. The fourth-order valence-corrected chi connectivity index (χ4v) is 2.68. The van der Waals surface area contributed by atoms with Crippen LogP contribution in [0.5, 0.6) is 0 Å². The lowest BCUT2D eigenvalue weighted by Gasteiger charge is -2.06. The molecular formula is C19H15Cl2N3O2. The summed E-state index contributed by atoms with van der Waals surface area (Å²) in [6.07, 6.45) is 8.30. The van der Waals surface area contributed by atoms with Gasteiger partial charge in [0.25, 0.3) is 5.91 Å². The molecule has 132 valence electrons. The Labute approximate surface area is 160 Å². The van der Waals surface area contributed by atoms with Gasteiger partial charge in [0.2, 0.25) is 0 Å². The minimum absolute atomic E-state index is 0.173. The predicted molar refractivity (Wildman–Crippen MR) is 105 cm³/mol. The summed E-state index contributed by atoms with van der Waals surface area (Å²) in [6, 6.07) is 8.98. The largest absolute Gasteiger partial charge is 0.491 e. The van der Waals surface area contributed by atoms with Crippen LogP contribution in [0.1, 0.15) is 5.69 Å². The van der Waals surface area contributed by atoms with Crippen LogP contribution >= 0.6 is 23.2 Å². The van der Waals surface area contributed by atoms with E-state index in [2.05, 4.69) is 15.3 Å². The van der Waals surface area contributed by atoms with Crippen molar-refractivity contribution in [3.05, 3.63) is 76.4 Å². The third-order valence-electron chi connectivity index (χ3n) is 3.57. The number of H-pyrrole nitrogens is 1. The number of nitrogens with one attached hydrogen (secondary N) is 2. The Bertz CT molecular complexity index is 956. The first-order valence-corrected chi connectivity index (χ1v) is 8.44. The SMILES string of the molecule is CO/C(=C/C=C/c1cc2cc(Cl)c(Cl)cc2[nH]1)C(=O)Nc1cccnc1. The van der Waals surface area contributed by atoms with E-state index in [1.165, 1.54) is 7.11 Å². The van der Waals surface area contributed by atoms with Gasteiger partial charge in [0.05, 0.1) is 29.0 Å². The van der Waals surface area contributed by atoms with Gasteiger partial charge in [0, 0.05) is 22.8 Å². The third-order valence-corrected chi connectivity index (χ3v) is 4.29. The van der Waals surface area contributed by atoms with Gasteiger partial charge in [-0.15, -0.1) is 0 Å². The molecule has 0 aliphatic carbocycles. The molecule has 3 rings (SSSR count). The van der Waals surface area contributed by atoms with E-state index in [1.807, 2.05) is 12.1 Å². The lowest BCUT2D eigenvalue weighted by atomic mass is 10.2. The van der Waals surface area contributed by atoms with Gasteiger partial charge in [0.15, 0.2) is 5.76 Å². The number of rotatable bonds is 5. The Balaban J connectivity index is 1.75. The van der Waals surface area contributed by atoms with E-state index in [1.54, 1.807) is 48.8 Å². The molecule has 0 bridgehead atoms. The topological polar surface area (TPSA) is 67.0 Å². The van der Waals surface area contributed by atoms with Gasteiger partial charge >= 0.3 is 0 Å². The summed E-state index contributed by atoms with van der Waals surface area (Å²) in [5, 5.41) is 4.65. The van der Waals surface area contributed by atoms with Crippen molar-refractivity contribution in [2.45, 2.75) is 0 Å². The summed E-state index contributed by atoms with van der Waals surface area (Å²) in [5.74, 6) is -0.187. The molecule has 0 radical (unpaired) electrons. The predicted octanol–water partition coefficient (Wildman–Crippen LogP) is 5.05. The summed E-state index contributed by atoms with van der Waals surface area (Å²) < 4.78 is 5.14. The summed E-state index contributed by atoms with van der Waals surface area (Å²) in [4.78, 5) is 19.4. The quantitative estimate of drug-likeness (QED) is 0.365. The number of aromatic amines is 1. The van der Waals surface area contributed by atoms with Crippen LogP contribution in [0.4, 0.5) is 5.69 Å². The smallest absolute Gasteiger partial charge is 0.290 e. The highest BCUT2D eigenvalue weighted by Gasteiger charge is 2.09. The maximum absolute atomic E-state index is 12.2. The molecule has 2 heterocycles. The molecule has 0 saturated heterocycles. The van der Waals surface area contributed by atoms with Gasteiger partial charge in [-0.05, 0) is 42.5 Å². The Kier molecular flexibility index (Phi) is 5.61. The molecule has 26 heavy (non-hydrogen) atoms. The van der Waals surface area contributed by atoms with Gasteiger partial charge in [-0.25, -0.2) is 0 Å². The van der Waals surface area contributed by atoms with Gasteiger partial charge in [0.1, 0.15) is 0 Å². The Morgan fingerprint density at radius 3 is 2.81 bits per heavy atom. The van der Waals surface area contributed by atoms with Crippen LogP contribution < -0.4 is 5.32 Å². The normalized spacial score (nSPS) is 11.9. The number of carbonyl (C=O) groups is 1. The molecule has 3 aromatic rings. The number of hydrogen-bond donors (Lipinski definition) is 2. The molecule has 2 N–H and O–H groups in total.